The van der Waals surface area contributed by atoms with E-state index < -0.39 is 0 Å². The highest BCUT2D eigenvalue weighted by molar-refractivity contribution is 5.88. The van der Waals surface area contributed by atoms with Gasteiger partial charge >= 0.3 is 0 Å². The molecule has 0 fully saturated rings. The molecule has 2 aromatic rings. The van der Waals surface area contributed by atoms with Crippen LogP contribution in [0, 0.1) is 0 Å². The Morgan fingerprint density at radius 1 is 1.00 bits per heavy atom. The van der Waals surface area contributed by atoms with Gasteiger partial charge in [0.1, 0.15) is 0 Å². The molecule has 4 aliphatic rings. The van der Waals surface area contributed by atoms with E-state index in [1.165, 1.54) is 28.0 Å². The van der Waals surface area contributed by atoms with Crippen LogP contribution in [0.2, 0.25) is 0 Å². The smallest absolute Gasteiger partial charge is 0.231 e. The number of benzene rings is 2. The molecule has 138 valence electrons. The van der Waals surface area contributed by atoms with Crippen molar-refractivity contribution in [3.63, 3.8) is 0 Å². The molecule has 0 saturated heterocycles. The van der Waals surface area contributed by atoms with E-state index in [4.69, 9.17) is 18.9 Å². The van der Waals surface area contributed by atoms with Gasteiger partial charge in [-0.05, 0) is 48.2 Å². The fraction of sp³-hybridized carbons (Fsp3) is 0.364. The zero-order valence-corrected chi connectivity index (χ0v) is 15.3. The number of nitrogens with zero attached hydrogens (tertiary/aromatic N) is 1. The Kier molecular flexibility index (Phi) is 3.16. The van der Waals surface area contributed by atoms with Gasteiger partial charge in [-0.25, -0.2) is 0 Å². The quantitative estimate of drug-likeness (QED) is 0.793. The maximum Gasteiger partial charge on any atom is 0.231 e. The third-order valence-corrected chi connectivity index (χ3v) is 5.98. The topological polar surface area (TPSA) is 40.2 Å². The van der Waals surface area contributed by atoms with E-state index in [0.717, 1.165) is 48.8 Å². The van der Waals surface area contributed by atoms with Crippen molar-refractivity contribution in [2.45, 2.75) is 32.2 Å². The summed E-state index contributed by atoms with van der Waals surface area (Å²) in [5.41, 5.74) is 6.38. The van der Waals surface area contributed by atoms with Crippen LogP contribution in [0.3, 0.4) is 0 Å². The second-order valence-corrected chi connectivity index (χ2v) is 7.44. The van der Waals surface area contributed by atoms with Crippen LogP contribution in [0.25, 0.3) is 11.8 Å². The molecule has 1 atom stereocenters. The van der Waals surface area contributed by atoms with Gasteiger partial charge in [-0.1, -0.05) is 19.4 Å². The summed E-state index contributed by atoms with van der Waals surface area (Å²) >= 11 is 0. The van der Waals surface area contributed by atoms with Crippen molar-refractivity contribution >= 4 is 11.8 Å². The van der Waals surface area contributed by atoms with Crippen molar-refractivity contribution in [2.75, 3.05) is 20.1 Å². The molecule has 0 aromatic heterocycles. The van der Waals surface area contributed by atoms with Crippen LogP contribution in [-0.2, 0) is 6.42 Å². The number of hydrogen-bond donors (Lipinski definition) is 0. The molecule has 0 spiro atoms. The average molecular weight is 363 g/mol. The molecule has 6 rings (SSSR count). The molecule has 4 aliphatic heterocycles. The normalized spacial score (nSPS) is 20.7. The molecular formula is C22H21NO4. The summed E-state index contributed by atoms with van der Waals surface area (Å²) in [5, 5.41) is 0. The second-order valence-electron chi connectivity index (χ2n) is 7.44. The van der Waals surface area contributed by atoms with Gasteiger partial charge < -0.3 is 23.8 Å². The first-order valence-electron chi connectivity index (χ1n) is 9.67. The Labute approximate surface area is 158 Å². The third-order valence-electron chi connectivity index (χ3n) is 5.98. The van der Waals surface area contributed by atoms with Gasteiger partial charge in [0.2, 0.25) is 13.6 Å². The highest BCUT2D eigenvalue weighted by atomic mass is 16.7. The molecule has 0 saturated carbocycles. The van der Waals surface area contributed by atoms with Crippen LogP contribution in [0.4, 0.5) is 0 Å². The van der Waals surface area contributed by atoms with Crippen LogP contribution in [0.1, 0.15) is 48.1 Å². The first kappa shape index (κ1) is 15.3. The maximum absolute atomic E-state index is 5.87. The molecular weight excluding hydrogens is 342 g/mol. The fourth-order valence-corrected chi connectivity index (χ4v) is 4.79. The minimum absolute atomic E-state index is 0.306. The zero-order chi connectivity index (χ0) is 18.0. The van der Waals surface area contributed by atoms with Crippen molar-refractivity contribution in [2.24, 2.45) is 0 Å². The van der Waals surface area contributed by atoms with Crippen molar-refractivity contribution < 1.29 is 18.9 Å². The monoisotopic (exact) mass is 363 g/mol. The maximum atomic E-state index is 5.87. The second kappa shape index (κ2) is 5.59. The van der Waals surface area contributed by atoms with Crippen LogP contribution in [0.5, 0.6) is 23.0 Å². The van der Waals surface area contributed by atoms with Gasteiger partial charge in [-0.2, -0.15) is 0 Å². The summed E-state index contributed by atoms with van der Waals surface area (Å²) in [5.74, 6) is 3.51. The lowest BCUT2D eigenvalue weighted by atomic mass is 9.84. The Bertz CT molecular complexity index is 981. The first-order valence-corrected chi connectivity index (χ1v) is 9.67. The van der Waals surface area contributed by atoms with Crippen molar-refractivity contribution in [3.05, 3.63) is 46.5 Å². The summed E-state index contributed by atoms with van der Waals surface area (Å²) in [4.78, 5) is 2.54. The van der Waals surface area contributed by atoms with E-state index >= 15 is 0 Å². The zero-order valence-electron chi connectivity index (χ0n) is 15.3. The Morgan fingerprint density at radius 3 is 2.70 bits per heavy atom. The number of fused-ring (bicyclic) bond motifs is 7. The Balaban J connectivity index is 1.55. The Morgan fingerprint density at radius 2 is 1.81 bits per heavy atom. The largest absolute Gasteiger partial charge is 0.454 e. The van der Waals surface area contributed by atoms with Crippen molar-refractivity contribution in [1.82, 2.24) is 4.90 Å². The van der Waals surface area contributed by atoms with Gasteiger partial charge in [-0.15, -0.1) is 0 Å². The number of hydrogen-bond acceptors (Lipinski definition) is 5. The van der Waals surface area contributed by atoms with Gasteiger partial charge in [0.25, 0.3) is 0 Å². The third kappa shape index (κ3) is 2.11. The SMILES string of the molecule is CCCC1c2c(ccc3c2OCO3)C=C2c3cc4c(cc3CCN21)OCO4. The summed E-state index contributed by atoms with van der Waals surface area (Å²) in [7, 11) is 0. The van der Waals surface area contributed by atoms with Crippen molar-refractivity contribution in [1.29, 1.82) is 0 Å². The van der Waals surface area contributed by atoms with Gasteiger partial charge in [0.05, 0.1) is 6.04 Å². The number of ether oxygens (including phenoxy) is 4. The molecule has 0 amide bonds. The van der Waals surface area contributed by atoms with Crippen LogP contribution < -0.4 is 18.9 Å². The minimum atomic E-state index is 0.306. The molecule has 0 radical (unpaired) electrons. The van der Waals surface area contributed by atoms with E-state index in [1.807, 2.05) is 6.07 Å². The molecule has 0 bridgehead atoms. The van der Waals surface area contributed by atoms with Crippen LogP contribution in [0.15, 0.2) is 24.3 Å². The Hall–Kier alpha value is -2.82. The van der Waals surface area contributed by atoms with Gasteiger partial charge in [0, 0.05) is 23.4 Å². The van der Waals surface area contributed by atoms with Crippen LogP contribution in [-0.4, -0.2) is 25.0 Å². The lowest BCUT2D eigenvalue weighted by molar-refractivity contribution is 0.170. The molecule has 2 aromatic carbocycles. The van der Waals surface area contributed by atoms with Crippen LogP contribution >= 0.6 is 0 Å². The lowest BCUT2D eigenvalue weighted by Crippen LogP contribution is -2.35. The van der Waals surface area contributed by atoms with E-state index in [-0.39, 0.29) is 0 Å². The summed E-state index contributed by atoms with van der Waals surface area (Å²) < 4.78 is 22.7. The summed E-state index contributed by atoms with van der Waals surface area (Å²) in [6.07, 6.45) is 5.51. The summed E-state index contributed by atoms with van der Waals surface area (Å²) in [6.45, 7) is 3.86. The first-order chi connectivity index (χ1) is 13.3. The van der Waals surface area contributed by atoms with Gasteiger partial charge in [0.15, 0.2) is 23.0 Å². The van der Waals surface area contributed by atoms with E-state index in [9.17, 15) is 0 Å². The van der Waals surface area contributed by atoms with E-state index in [2.05, 4.69) is 36.1 Å². The molecule has 5 heteroatoms. The highest BCUT2D eigenvalue weighted by Gasteiger charge is 2.37. The van der Waals surface area contributed by atoms with E-state index in [0.29, 0.717) is 19.6 Å². The molecule has 0 aliphatic carbocycles. The minimum Gasteiger partial charge on any atom is -0.454 e. The molecule has 27 heavy (non-hydrogen) atoms. The predicted molar refractivity (Wildman–Crippen MR) is 101 cm³/mol. The van der Waals surface area contributed by atoms with Gasteiger partial charge in [-0.3, -0.25) is 0 Å². The highest BCUT2D eigenvalue weighted by Crippen LogP contribution is 2.51. The predicted octanol–water partition coefficient (Wildman–Crippen LogP) is 4.36. The van der Waals surface area contributed by atoms with Crippen molar-refractivity contribution in [3.8, 4) is 23.0 Å². The lowest BCUT2D eigenvalue weighted by Gasteiger charge is -2.43. The molecule has 0 N–H and O–H groups in total. The molecule has 1 unspecified atom stereocenters. The summed E-state index contributed by atoms with van der Waals surface area (Å²) in [6, 6.07) is 8.80. The standard InChI is InChI=1S/C22H21NO4/c1-2-3-16-21-14(4-5-18-22(21)27-12-24-18)8-17-15-10-20-19(25-11-26-20)9-13(15)6-7-23(16)17/h4-5,8-10,16H,2-3,6-7,11-12H2,1H3. The number of rotatable bonds is 2. The van der Waals surface area contributed by atoms with E-state index in [1.54, 1.807) is 0 Å². The fourth-order valence-electron chi connectivity index (χ4n) is 4.79. The molecule has 4 heterocycles. The molecule has 5 nitrogen and oxygen atoms in total. The average Bonchev–Trinajstić information content (AvgIpc) is 3.34.